The third-order valence-electron chi connectivity index (χ3n) is 4.11. The molecule has 0 saturated heterocycles. The summed E-state index contributed by atoms with van der Waals surface area (Å²) in [6.45, 7) is 6.89. The molecule has 0 bridgehead atoms. The lowest BCUT2D eigenvalue weighted by atomic mass is 10.2. The maximum atomic E-state index is 13.0. The summed E-state index contributed by atoms with van der Waals surface area (Å²) in [5.41, 5.74) is 3.05. The molecule has 4 heteroatoms. The first kappa shape index (κ1) is 18.5. The number of para-hydroxylation sites is 1. The van der Waals surface area contributed by atoms with Gasteiger partial charge in [-0.05, 0) is 45.0 Å². The summed E-state index contributed by atoms with van der Waals surface area (Å²) in [4.78, 5) is 16.8. The smallest absolute Gasteiger partial charge is 0.246 e. The number of benzene rings is 2. The largest absolute Gasteiger partial charge is 0.360 e. The Bertz CT molecular complexity index is 717. The van der Waals surface area contributed by atoms with Crippen LogP contribution in [0.3, 0.4) is 0 Å². The van der Waals surface area contributed by atoms with Gasteiger partial charge >= 0.3 is 0 Å². The zero-order valence-corrected chi connectivity index (χ0v) is 15.1. The molecule has 0 aliphatic carbocycles. The Morgan fingerprint density at radius 2 is 1.68 bits per heavy atom. The molecular weight excluding hydrogens is 310 g/mol. The van der Waals surface area contributed by atoms with E-state index in [1.54, 1.807) is 4.90 Å². The SMILES string of the molecule is Cc1ccc(N(CC(=O)N(CCC#N)c2ccccc2)C(C)C)cc1. The molecular formula is C21H25N3O. The van der Waals surface area contributed by atoms with Crippen molar-refractivity contribution in [2.75, 3.05) is 22.9 Å². The molecule has 2 aromatic rings. The van der Waals surface area contributed by atoms with Crippen LogP contribution in [0.2, 0.25) is 0 Å². The summed E-state index contributed by atoms with van der Waals surface area (Å²) in [5, 5.41) is 8.92. The molecule has 0 aromatic heterocycles. The number of anilines is 2. The minimum atomic E-state index is -0.00396. The van der Waals surface area contributed by atoms with Crippen LogP contribution in [0.15, 0.2) is 54.6 Å². The van der Waals surface area contributed by atoms with Gasteiger partial charge in [0.15, 0.2) is 0 Å². The average Bonchev–Trinajstić information content (AvgIpc) is 2.61. The number of carbonyl (C=O) groups excluding carboxylic acids is 1. The Morgan fingerprint density at radius 1 is 1.04 bits per heavy atom. The van der Waals surface area contributed by atoms with Crippen molar-refractivity contribution in [3.63, 3.8) is 0 Å². The second-order valence-corrected chi connectivity index (χ2v) is 6.35. The van der Waals surface area contributed by atoms with Crippen molar-refractivity contribution in [2.45, 2.75) is 33.2 Å². The molecule has 0 spiro atoms. The van der Waals surface area contributed by atoms with E-state index in [2.05, 4.69) is 36.9 Å². The predicted molar refractivity (Wildman–Crippen MR) is 103 cm³/mol. The maximum absolute atomic E-state index is 13.0. The number of hydrogen-bond donors (Lipinski definition) is 0. The fraction of sp³-hybridized carbons (Fsp3) is 0.333. The van der Waals surface area contributed by atoms with Gasteiger partial charge in [-0.1, -0.05) is 35.9 Å². The van der Waals surface area contributed by atoms with Crippen molar-refractivity contribution in [3.05, 3.63) is 60.2 Å². The lowest BCUT2D eigenvalue weighted by Gasteiger charge is -2.31. The lowest BCUT2D eigenvalue weighted by Crippen LogP contribution is -2.43. The van der Waals surface area contributed by atoms with Crippen molar-refractivity contribution in [1.29, 1.82) is 5.26 Å². The Kier molecular flexibility index (Phi) is 6.59. The number of carbonyl (C=O) groups is 1. The van der Waals surface area contributed by atoms with Crippen LogP contribution in [0, 0.1) is 18.3 Å². The number of nitriles is 1. The highest BCUT2D eigenvalue weighted by Gasteiger charge is 2.20. The number of nitrogens with zero attached hydrogens (tertiary/aromatic N) is 3. The second-order valence-electron chi connectivity index (χ2n) is 6.35. The Labute approximate surface area is 150 Å². The van der Waals surface area contributed by atoms with Gasteiger partial charge in [0.2, 0.25) is 5.91 Å². The second kappa shape index (κ2) is 8.89. The predicted octanol–water partition coefficient (Wildman–Crippen LogP) is 4.16. The first-order valence-electron chi connectivity index (χ1n) is 8.58. The molecule has 0 unspecified atom stereocenters. The Morgan fingerprint density at radius 3 is 2.24 bits per heavy atom. The highest BCUT2D eigenvalue weighted by molar-refractivity contribution is 5.96. The highest BCUT2D eigenvalue weighted by atomic mass is 16.2. The molecule has 2 rings (SSSR count). The summed E-state index contributed by atoms with van der Waals surface area (Å²) in [6.07, 6.45) is 0.312. The van der Waals surface area contributed by atoms with Gasteiger partial charge in [0, 0.05) is 24.0 Å². The first-order valence-corrected chi connectivity index (χ1v) is 8.58. The third kappa shape index (κ3) is 5.09. The van der Waals surface area contributed by atoms with Gasteiger partial charge in [0.05, 0.1) is 19.0 Å². The van der Waals surface area contributed by atoms with E-state index in [0.29, 0.717) is 13.0 Å². The molecule has 4 nitrogen and oxygen atoms in total. The molecule has 0 saturated carbocycles. The van der Waals surface area contributed by atoms with Crippen LogP contribution in [0.4, 0.5) is 11.4 Å². The molecule has 130 valence electrons. The van der Waals surface area contributed by atoms with E-state index >= 15 is 0 Å². The van der Waals surface area contributed by atoms with Crippen LogP contribution in [-0.4, -0.2) is 25.0 Å². The minimum Gasteiger partial charge on any atom is -0.360 e. The van der Waals surface area contributed by atoms with Crippen LogP contribution in [0.5, 0.6) is 0 Å². The first-order chi connectivity index (χ1) is 12.0. The minimum absolute atomic E-state index is 0.00396. The van der Waals surface area contributed by atoms with Crippen molar-refractivity contribution in [3.8, 4) is 6.07 Å². The molecule has 0 radical (unpaired) electrons. The molecule has 0 aliphatic rings. The highest BCUT2D eigenvalue weighted by Crippen LogP contribution is 2.20. The van der Waals surface area contributed by atoms with Gasteiger partial charge in [-0.15, -0.1) is 0 Å². The van der Waals surface area contributed by atoms with Crippen LogP contribution < -0.4 is 9.80 Å². The summed E-state index contributed by atoms with van der Waals surface area (Å²) < 4.78 is 0. The standard InChI is InChI=1S/C21H25N3O/c1-17(2)24(20-12-10-18(3)11-13-20)16-21(25)23(15-7-14-22)19-8-5-4-6-9-19/h4-6,8-13,17H,7,15-16H2,1-3H3. The van der Waals surface area contributed by atoms with Crippen molar-refractivity contribution < 1.29 is 4.79 Å². The van der Waals surface area contributed by atoms with E-state index in [0.717, 1.165) is 11.4 Å². The van der Waals surface area contributed by atoms with Gasteiger partial charge in [-0.2, -0.15) is 5.26 Å². The summed E-state index contributed by atoms with van der Waals surface area (Å²) in [7, 11) is 0. The lowest BCUT2D eigenvalue weighted by molar-refractivity contribution is -0.117. The van der Waals surface area contributed by atoms with Gasteiger partial charge in [0.25, 0.3) is 0 Å². The fourth-order valence-corrected chi connectivity index (χ4v) is 2.71. The van der Waals surface area contributed by atoms with E-state index in [1.807, 2.05) is 49.4 Å². The summed E-state index contributed by atoms with van der Waals surface area (Å²) in [6, 6.07) is 20.1. The number of amides is 1. The van der Waals surface area contributed by atoms with Gasteiger partial charge < -0.3 is 9.80 Å². The topological polar surface area (TPSA) is 47.3 Å². The third-order valence-corrected chi connectivity index (χ3v) is 4.11. The summed E-state index contributed by atoms with van der Waals surface area (Å²) >= 11 is 0. The van der Waals surface area contributed by atoms with Crippen LogP contribution in [-0.2, 0) is 4.79 Å². The van der Waals surface area contributed by atoms with E-state index < -0.39 is 0 Å². The summed E-state index contributed by atoms with van der Waals surface area (Å²) in [5.74, 6) is -0.00396. The van der Waals surface area contributed by atoms with Gasteiger partial charge in [-0.3, -0.25) is 4.79 Å². The molecule has 0 atom stereocenters. The van der Waals surface area contributed by atoms with Crippen LogP contribution in [0.25, 0.3) is 0 Å². The van der Waals surface area contributed by atoms with Gasteiger partial charge in [0.1, 0.15) is 0 Å². The molecule has 25 heavy (non-hydrogen) atoms. The van der Waals surface area contributed by atoms with E-state index in [4.69, 9.17) is 5.26 Å². The van der Waals surface area contributed by atoms with Gasteiger partial charge in [-0.25, -0.2) is 0 Å². The Balaban J connectivity index is 2.22. The maximum Gasteiger partial charge on any atom is 0.246 e. The van der Waals surface area contributed by atoms with E-state index in [1.165, 1.54) is 5.56 Å². The van der Waals surface area contributed by atoms with Crippen LogP contribution in [0.1, 0.15) is 25.8 Å². The molecule has 1 amide bonds. The van der Waals surface area contributed by atoms with E-state index in [9.17, 15) is 4.79 Å². The molecule has 0 fully saturated rings. The monoisotopic (exact) mass is 335 g/mol. The van der Waals surface area contributed by atoms with E-state index in [-0.39, 0.29) is 18.5 Å². The molecule has 0 heterocycles. The fourth-order valence-electron chi connectivity index (χ4n) is 2.71. The van der Waals surface area contributed by atoms with Crippen LogP contribution >= 0.6 is 0 Å². The zero-order chi connectivity index (χ0) is 18.2. The quantitative estimate of drug-likeness (QED) is 0.763. The Hall–Kier alpha value is -2.80. The zero-order valence-electron chi connectivity index (χ0n) is 15.1. The molecule has 0 aliphatic heterocycles. The number of rotatable bonds is 7. The molecule has 2 aromatic carbocycles. The van der Waals surface area contributed by atoms with Crippen molar-refractivity contribution in [1.82, 2.24) is 0 Å². The number of hydrogen-bond acceptors (Lipinski definition) is 3. The normalized spacial score (nSPS) is 10.4. The average molecular weight is 335 g/mol. The van der Waals surface area contributed by atoms with Crippen molar-refractivity contribution >= 4 is 17.3 Å². The van der Waals surface area contributed by atoms with Crippen molar-refractivity contribution in [2.24, 2.45) is 0 Å². The number of aryl methyl sites for hydroxylation is 1. The molecule has 0 N–H and O–H groups in total.